The molecule has 3 rings (SSSR count). The van der Waals surface area contributed by atoms with Crippen molar-refractivity contribution in [1.29, 1.82) is 0 Å². The molecule has 0 atom stereocenters. The molecule has 0 spiro atoms. The number of ether oxygens (including phenoxy) is 2. The van der Waals surface area contributed by atoms with E-state index in [2.05, 4.69) is 5.32 Å². The van der Waals surface area contributed by atoms with Gasteiger partial charge in [0.2, 0.25) is 0 Å². The molecule has 2 aromatic carbocycles. The molecule has 8 heteroatoms. The summed E-state index contributed by atoms with van der Waals surface area (Å²) in [6.45, 7) is 1.05. The SMILES string of the molecule is O=C(NO)c1ccc(OCCNC(=O)c2cccc(OCc3cccs3)c2)cc1. The average molecular weight is 412 g/mol. The normalized spacial score (nSPS) is 10.2. The molecule has 0 saturated carbocycles. The largest absolute Gasteiger partial charge is 0.492 e. The molecule has 0 fully saturated rings. The maximum absolute atomic E-state index is 12.3. The summed E-state index contributed by atoms with van der Waals surface area (Å²) in [4.78, 5) is 24.7. The number of hydrogen-bond acceptors (Lipinski definition) is 6. The van der Waals surface area contributed by atoms with E-state index in [0.29, 0.717) is 35.8 Å². The third-order valence-corrected chi connectivity index (χ3v) is 4.78. The molecule has 1 heterocycles. The zero-order chi connectivity index (χ0) is 20.5. The number of amides is 2. The molecule has 0 saturated heterocycles. The average Bonchev–Trinajstić information content (AvgIpc) is 3.29. The van der Waals surface area contributed by atoms with Crippen molar-refractivity contribution in [2.24, 2.45) is 0 Å². The Kier molecular flexibility index (Phi) is 7.21. The predicted molar refractivity (Wildman–Crippen MR) is 109 cm³/mol. The van der Waals surface area contributed by atoms with E-state index in [-0.39, 0.29) is 12.5 Å². The molecule has 1 aromatic heterocycles. The van der Waals surface area contributed by atoms with Crippen LogP contribution in [-0.2, 0) is 6.61 Å². The van der Waals surface area contributed by atoms with Crippen LogP contribution in [0.4, 0.5) is 0 Å². The number of hydroxylamine groups is 1. The molecule has 0 aliphatic rings. The van der Waals surface area contributed by atoms with Crippen LogP contribution in [0.25, 0.3) is 0 Å². The summed E-state index contributed by atoms with van der Waals surface area (Å²) in [5.41, 5.74) is 2.39. The van der Waals surface area contributed by atoms with Crippen molar-refractivity contribution in [1.82, 2.24) is 10.8 Å². The topological polar surface area (TPSA) is 96.9 Å². The number of thiophene rings is 1. The first-order valence-corrected chi connectivity index (χ1v) is 9.74. The Bertz CT molecular complexity index is 942. The van der Waals surface area contributed by atoms with Crippen LogP contribution in [0.1, 0.15) is 25.6 Å². The van der Waals surface area contributed by atoms with Gasteiger partial charge in [0, 0.05) is 16.0 Å². The van der Waals surface area contributed by atoms with Crippen molar-refractivity contribution >= 4 is 23.2 Å². The lowest BCUT2D eigenvalue weighted by atomic mass is 10.2. The molecule has 0 aliphatic heterocycles. The molecular weight excluding hydrogens is 392 g/mol. The van der Waals surface area contributed by atoms with Gasteiger partial charge in [0.15, 0.2) is 0 Å². The van der Waals surface area contributed by atoms with Crippen LogP contribution in [-0.4, -0.2) is 30.2 Å². The van der Waals surface area contributed by atoms with Crippen molar-refractivity contribution in [2.75, 3.05) is 13.2 Å². The summed E-state index contributed by atoms with van der Waals surface area (Å²) in [6.07, 6.45) is 0. The van der Waals surface area contributed by atoms with E-state index in [9.17, 15) is 9.59 Å². The summed E-state index contributed by atoms with van der Waals surface area (Å²) in [6, 6.07) is 17.3. The molecule has 0 bridgehead atoms. The third kappa shape index (κ3) is 6.06. The first-order valence-electron chi connectivity index (χ1n) is 8.86. The van der Waals surface area contributed by atoms with Crippen LogP contribution in [0.15, 0.2) is 66.0 Å². The second-order valence-electron chi connectivity index (χ2n) is 5.97. The molecule has 3 aromatic rings. The van der Waals surface area contributed by atoms with E-state index in [1.807, 2.05) is 23.6 Å². The van der Waals surface area contributed by atoms with Crippen LogP contribution >= 0.6 is 11.3 Å². The monoisotopic (exact) mass is 412 g/mol. The van der Waals surface area contributed by atoms with E-state index in [1.54, 1.807) is 47.1 Å². The number of carbonyl (C=O) groups is 2. The molecule has 29 heavy (non-hydrogen) atoms. The summed E-state index contributed by atoms with van der Waals surface area (Å²) in [5, 5.41) is 13.4. The van der Waals surface area contributed by atoms with E-state index < -0.39 is 5.91 Å². The Balaban J connectivity index is 1.43. The van der Waals surface area contributed by atoms with Crippen molar-refractivity contribution in [2.45, 2.75) is 6.61 Å². The molecule has 150 valence electrons. The Morgan fingerprint density at radius 1 is 0.897 bits per heavy atom. The summed E-state index contributed by atoms with van der Waals surface area (Å²) < 4.78 is 11.3. The standard InChI is InChI=1S/C21H20N2O5S/c24-20(16-3-1-4-18(13-16)28-14-19-5-2-12-29-19)22-10-11-27-17-8-6-15(7-9-17)21(25)23-26/h1-9,12-13,26H,10-11,14H2,(H,22,24)(H,23,25). The fourth-order valence-electron chi connectivity index (χ4n) is 2.48. The van der Waals surface area contributed by atoms with Crippen molar-refractivity contribution < 1.29 is 24.3 Å². The minimum atomic E-state index is -0.592. The Morgan fingerprint density at radius 3 is 2.45 bits per heavy atom. The smallest absolute Gasteiger partial charge is 0.274 e. The fraction of sp³-hybridized carbons (Fsp3) is 0.143. The van der Waals surface area contributed by atoms with Crippen LogP contribution in [0.3, 0.4) is 0 Å². The van der Waals surface area contributed by atoms with Gasteiger partial charge in [-0.15, -0.1) is 11.3 Å². The lowest BCUT2D eigenvalue weighted by molar-refractivity contribution is 0.0706. The van der Waals surface area contributed by atoms with Gasteiger partial charge in [-0.25, -0.2) is 5.48 Å². The second-order valence-corrected chi connectivity index (χ2v) is 7.00. The van der Waals surface area contributed by atoms with Gasteiger partial charge < -0.3 is 14.8 Å². The minimum absolute atomic E-state index is 0.217. The predicted octanol–water partition coefficient (Wildman–Crippen LogP) is 3.25. The van der Waals surface area contributed by atoms with E-state index in [1.165, 1.54) is 12.1 Å². The fourth-order valence-corrected chi connectivity index (χ4v) is 3.09. The maximum Gasteiger partial charge on any atom is 0.274 e. The molecular formula is C21H20N2O5S. The van der Waals surface area contributed by atoms with Crippen molar-refractivity contribution in [3.05, 3.63) is 82.0 Å². The number of hydrogen-bond donors (Lipinski definition) is 3. The Labute approximate surface area is 171 Å². The lowest BCUT2D eigenvalue weighted by Crippen LogP contribution is -2.28. The van der Waals surface area contributed by atoms with Gasteiger partial charge in [-0.3, -0.25) is 14.8 Å². The second kappa shape index (κ2) is 10.3. The van der Waals surface area contributed by atoms with Gasteiger partial charge in [-0.1, -0.05) is 12.1 Å². The Hall–Kier alpha value is -3.36. The van der Waals surface area contributed by atoms with Gasteiger partial charge in [0.05, 0.1) is 6.54 Å². The third-order valence-electron chi connectivity index (χ3n) is 3.93. The molecule has 7 nitrogen and oxygen atoms in total. The minimum Gasteiger partial charge on any atom is -0.492 e. The molecule has 3 N–H and O–H groups in total. The highest BCUT2D eigenvalue weighted by molar-refractivity contribution is 7.09. The summed E-state index contributed by atoms with van der Waals surface area (Å²) in [5.74, 6) is 0.377. The van der Waals surface area contributed by atoms with Crippen LogP contribution in [0, 0.1) is 0 Å². The number of benzene rings is 2. The van der Waals surface area contributed by atoms with Gasteiger partial charge in [0.25, 0.3) is 11.8 Å². The van der Waals surface area contributed by atoms with Gasteiger partial charge in [-0.05, 0) is 53.9 Å². The van der Waals surface area contributed by atoms with Crippen molar-refractivity contribution in [3.8, 4) is 11.5 Å². The van der Waals surface area contributed by atoms with E-state index in [0.717, 1.165) is 4.88 Å². The van der Waals surface area contributed by atoms with Gasteiger partial charge >= 0.3 is 0 Å². The van der Waals surface area contributed by atoms with Crippen molar-refractivity contribution in [3.63, 3.8) is 0 Å². The maximum atomic E-state index is 12.3. The Morgan fingerprint density at radius 2 is 1.72 bits per heavy atom. The number of nitrogens with one attached hydrogen (secondary N) is 2. The highest BCUT2D eigenvalue weighted by Gasteiger charge is 2.07. The van der Waals surface area contributed by atoms with E-state index >= 15 is 0 Å². The zero-order valence-corrected chi connectivity index (χ0v) is 16.3. The van der Waals surface area contributed by atoms with Gasteiger partial charge in [0.1, 0.15) is 24.7 Å². The van der Waals surface area contributed by atoms with Gasteiger partial charge in [-0.2, -0.15) is 0 Å². The number of carbonyl (C=O) groups excluding carboxylic acids is 2. The van der Waals surface area contributed by atoms with Crippen LogP contribution in [0.2, 0.25) is 0 Å². The number of rotatable bonds is 9. The quantitative estimate of drug-likeness (QED) is 0.285. The molecule has 0 radical (unpaired) electrons. The van der Waals surface area contributed by atoms with Crippen LogP contribution in [0.5, 0.6) is 11.5 Å². The lowest BCUT2D eigenvalue weighted by Gasteiger charge is -2.09. The molecule has 2 amide bonds. The first kappa shape index (κ1) is 20.4. The zero-order valence-electron chi connectivity index (χ0n) is 15.5. The van der Waals surface area contributed by atoms with Crippen LogP contribution < -0.4 is 20.3 Å². The highest BCUT2D eigenvalue weighted by Crippen LogP contribution is 2.17. The summed E-state index contributed by atoms with van der Waals surface area (Å²) in [7, 11) is 0. The summed E-state index contributed by atoms with van der Waals surface area (Å²) >= 11 is 1.62. The molecule has 0 aliphatic carbocycles. The van der Waals surface area contributed by atoms with E-state index in [4.69, 9.17) is 14.7 Å². The molecule has 0 unspecified atom stereocenters. The highest BCUT2D eigenvalue weighted by atomic mass is 32.1. The first-order chi connectivity index (χ1) is 14.2.